The average Bonchev–Trinajstić information content (AvgIpc) is 3.82. The predicted octanol–water partition coefficient (Wildman–Crippen LogP) is 11.0. The van der Waals surface area contributed by atoms with E-state index >= 15 is 0 Å². The third-order valence-electron chi connectivity index (χ3n) is 14.2. The fourth-order valence-corrected chi connectivity index (χ4v) is 11.8. The second-order valence-electron chi connectivity index (χ2n) is 17.8. The highest BCUT2D eigenvalue weighted by Crippen LogP contribution is 2.64. The lowest BCUT2D eigenvalue weighted by molar-refractivity contribution is -0.931. The molecule has 5 aliphatic heterocycles. The van der Waals surface area contributed by atoms with Crippen molar-refractivity contribution in [3.63, 3.8) is 0 Å². The van der Waals surface area contributed by atoms with Crippen molar-refractivity contribution < 1.29 is 9.13 Å². The summed E-state index contributed by atoms with van der Waals surface area (Å²) in [6, 6.07) is 44.9. The second-order valence-corrected chi connectivity index (χ2v) is 17.8. The smallest absolute Gasteiger partial charge is 0.308 e. The zero-order valence-electron chi connectivity index (χ0n) is 31.9. The van der Waals surface area contributed by atoms with Crippen molar-refractivity contribution in [2.75, 3.05) is 4.90 Å². The Morgan fingerprint density at radius 2 is 1.11 bits per heavy atom. The molecule has 5 heteroatoms. The molecule has 5 aromatic carbocycles. The van der Waals surface area contributed by atoms with Gasteiger partial charge in [0.25, 0.3) is 11.6 Å². The van der Waals surface area contributed by atoms with Gasteiger partial charge in [-0.3, -0.25) is 0 Å². The van der Waals surface area contributed by atoms with Gasteiger partial charge in [0.1, 0.15) is 22.3 Å². The van der Waals surface area contributed by atoms with Gasteiger partial charge >= 0.3 is 5.66 Å². The zero-order valence-corrected chi connectivity index (χ0v) is 31.9. The van der Waals surface area contributed by atoms with Crippen molar-refractivity contribution >= 4 is 60.8 Å². The van der Waals surface area contributed by atoms with Gasteiger partial charge in [0.2, 0.25) is 0 Å². The SMILES string of the molecule is CC(C)c1cc2[n+]3c(c1)N1c4ccccc4C(C)(C)c4cc5c6ccccc6n6c5c(c41)C31c3c-6ccc4c5ccccc5n(c34)-c3cc(C(C)C)cc-2[n+]31. The van der Waals surface area contributed by atoms with Crippen molar-refractivity contribution in [2.45, 2.75) is 64.5 Å². The van der Waals surface area contributed by atoms with E-state index in [0.717, 1.165) is 0 Å². The molecule has 55 heavy (non-hydrogen) atoms. The lowest BCUT2D eigenvalue weighted by Crippen LogP contribution is -2.76. The molecule has 0 amide bonds. The third kappa shape index (κ3) is 2.84. The summed E-state index contributed by atoms with van der Waals surface area (Å²) in [5.41, 5.74) is 19.0. The Bertz CT molecular complexity index is 3370. The normalized spacial score (nSPS) is 18.1. The molecule has 9 aromatic rings. The van der Waals surface area contributed by atoms with E-state index in [9.17, 15) is 0 Å². The van der Waals surface area contributed by atoms with Gasteiger partial charge in [-0.05, 0) is 77.6 Å². The van der Waals surface area contributed by atoms with Crippen LogP contribution in [0.5, 0.6) is 0 Å². The van der Waals surface area contributed by atoms with Crippen molar-refractivity contribution in [3.8, 4) is 22.9 Å². The standard InChI is InChI=1S/C50H39N5/c1-26(2)28-21-40-41-22-29(27(3)4)24-43-53-38-18-12-9-15-34(38)49(5,6)35-25-33-31-14-8-10-16-36(31)51-39-20-19-32-30-13-7-11-17-37(30)52-42(23-28)54(40)50(55(41)43,44(39)46(32)52)45(47(33)51)48(35)53/h7-27H,1-6H3/q+2. The monoisotopic (exact) mass is 709 g/mol. The molecule has 14 rings (SSSR count). The quantitative estimate of drug-likeness (QED) is 0.164. The van der Waals surface area contributed by atoms with Gasteiger partial charge in [0.15, 0.2) is 22.6 Å². The van der Waals surface area contributed by atoms with E-state index in [0.29, 0.717) is 11.8 Å². The first kappa shape index (κ1) is 29.2. The summed E-state index contributed by atoms with van der Waals surface area (Å²) < 4.78 is 10.8. The predicted molar refractivity (Wildman–Crippen MR) is 221 cm³/mol. The largest absolute Gasteiger partial charge is 0.319 e. The summed E-state index contributed by atoms with van der Waals surface area (Å²) in [4.78, 5) is 2.66. The molecule has 0 bridgehead atoms. The Morgan fingerprint density at radius 1 is 0.509 bits per heavy atom. The molecule has 1 spiro atoms. The molecule has 0 radical (unpaired) electrons. The number of anilines is 3. The van der Waals surface area contributed by atoms with Gasteiger partial charge in [-0.25, -0.2) is 0 Å². The van der Waals surface area contributed by atoms with Crippen molar-refractivity contribution in [3.05, 3.63) is 149 Å². The van der Waals surface area contributed by atoms with Crippen LogP contribution >= 0.6 is 0 Å². The van der Waals surface area contributed by atoms with Crippen LogP contribution in [0.15, 0.2) is 115 Å². The highest BCUT2D eigenvalue weighted by atomic mass is 15.5. The number of nitrogens with zero attached hydrogens (tertiary/aromatic N) is 5. The Balaban J connectivity index is 1.35. The number of hydrogen-bond acceptors (Lipinski definition) is 1. The maximum absolute atomic E-state index is 2.78. The van der Waals surface area contributed by atoms with E-state index in [4.69, 9.17) is 0 Å². The highest BCUT2D eigenvalue weighted by molar-refractivity contribution is 6.17. The molecule has 0 saturated carbocycles. The average molecular weight is 710 g/mol. The van der Waals surface area contributed by atoms with E-state index in [1.54, 1.807) is 0 Å². The molecule has 262 valence electrons. The minimum absolute atomic E-state index is 0.236. The molecule has 0 saturated heterocycles. The molecule has 9 heterocycles. The van der Waals surface area contributed by atoms with E-state index < -0.39 is 5.66 Å². The summed E-state index contributed by atoms with van der Waals surface area (Å²) in [5, 5.41) is 5.26. The number of aromatic nitrogens is 4. The first-order chi connectivity index (χ1) is 26.7. The Hall–Kier alpha value is -6.20. The zero-order chi connectivity index (χ0) is 36.6. The third-order valence-corrected chi connectivity index (χ3v) is 14.2. The number of para-hydroxylation sites is 3. The van der Waals surface area contributed by atoms with Gasteiger partial charge in [0, 0.05) is 50.2 Å². The topological polar surface area (TPSA) is 20.9 Å². The van der Waals surface area contributed by atoms with Crippen LogP contribution in [0, 0.1) is 0 Å². The van der Waals surface area contributed by atoms with Crippen molar-refractivity contribution in [1.29, 1.82) is 0 Å². The van der Waals surface area contributed by atoms with Gasteiger partial charge in [-0.1, -0.05) is 90.1 Å². The number of rotatable bonds is 2. The number of benzene rings is 5. The molecule has 0 fully saturated rings. The summed E-state index contributed by atoms with van der Waals surface area (Å²) in [6.45, 7) is 14.3. The lowest BCUT2D eigenvalue weighted by Gasteiger charge is -2.46. The molecule has 1 atom stereocenters. The Labute approximate surface area is 318 Å². The molecule has 1 unspecified atom stereocenters. The first-order valence-corrected chi connectivity index (χ1v) is 20.0. The molecule has 4 aromatic heterocycles. The first-order valence-electron chi connectivity index (χ1n) is 20.0. The summed E-state index contributed by atoms with van der Waals surface area (Å²) in [7, 11) is 0. The van der Waals surface area contributed by atoms with E-state index in [-0.39, 0.29) is 5.41 Å². The van der Waals surface area contributed by atoms with E-state index in [1.165, 1.54) is 117 Å². The minimum atomic E-state index is -0.660. The number of pyridine rings is 2. The summed E-state index contributed by atoms with van der Waals surface area (Å²) in [6.07, 6.45) is 0. The van der Waals surface area contributed by atoms with E-state index in [1.807, 2.05) is 0 Å². The van der Waals surface area contributed by atoms with Crippen LogP contribution in [0.1, 0.15) is 86.8 Å². The fraction of sp³-hybridized carbons (Fsp3) is 0.200. The summed E-state index contributed by atoms with van der Waals surface area (Å²) >= 11 is 0. The fourth-order valence-electron chi connectivity index (χ4n) is 11.8. The Kier molecular flexibility index (Phi) is 4.69. The van der Waals surface area contributed by atoms with Crippen LogP contribution in [0.25, 0.3) is 66.5 Å². The van der Waals surface area contributed by atoms with Gasteiger partial charge < -0.3 is 4.57 Å². The molecule has 0 aliphatic carbocycles. The molecular formula is C50H39N5+2. The highest BCUT2D eigenvalue weighted by Gasteiger charge is 2.70. The number of hydrogen-bond donors (Lipinski definition) is 0. The number of fused-ring (bicyclic) bond motifs is 12. The molecule has 5 nitrogen and oxygen atoms in total. The van der Waals surface area contributed by atoms with E-state index in [2.05, 4.69) is 180 Å². The molecular weight excluding hydrogens is 671 g/mol. The lowest BCUT2D eigenvalue weighted by atomic mass is 9.69. The van der Waals surface area contributed by atoms with Crippen LogP contribution < -0.4 is 14.0 Å². The second kappa shape index (κ2) is 8.84. The maximum atomic E-state index is 2.78. The van der Waals surface area contributed by atoms with Crippen LogP contribution in [-0.2, 0) is 11.1 Å². The van der Waals surface area contributed by atoms with Crippen LogP contribution in [0.2, 0.25) is 0 Å². The summed E-state index contributed by atoms with van der Waals surface area (Å²) in [5.74, 6) is 3.21. The molecule has 5 aliphatic rings. The van der Waals surface area contributed by atoms with Gasteiger partial charge in [0.05, 0.1) is 16.7 Å². The van der Waals surface area contributed by atoms with Crippen molar-refractivity contribution in [2.24, 2.45) is 0 Å². The Morgan fingerprint density at radius 3 is 1.84 bits per heavy atom. The molecule has 0 N–H and O–H groups in total. The van der Waals surface area contributed by atoms with Gasteiger partial charge in [-0.2, -0.15) is 18.6 Å². The van der Waals surface area contributed by atoms with Crippen LogP contribution in [0.3, 0.4) is 0 Å². The van der Waals surface area contributed by atoms with Crippen molar-refractivity contribution in [1.82, 2.24) is 9.13 Å². The van der Waals surface area contributed by atoms with Gasteiger partial charge in [-0.15, -0.1) is 0 Å². The van der Waals surface area contributed by atoms with Crippen LogP contribution in [-0.4, -0.2) is 9.13 Å². The minimum Gasteiger partial charge on any atom is -0.308 e. The van der Waals surface area contributed by atoms with Crippen LogP contribution in [0.4, 0.5) is 17.2 Å². The maximum Gasteiger partial charge on any atom is 0.319 e.